The number of ether oxygens (including phenoxy) is 1. The van der Waals surface area contributed by atoms with Crippen LogP contribution in [0, 0.1) is 34.0 Å². The second kappa shape index (κ2) is 28.7. The lowest BCUT2D eigenvalue weighted by Gasteiger charge is -2.35. The second-order valence-electron chi connectivity index (χ2n) is 26.4. The zero-order chi connectivity index (χ0) is 63.7. The standard InChI is InChI=1S/C84H90N4OS2/c1-9-13-17-21-25-58-29-39-64(40-30-58)83(65-41-31-59(32-42-65)26-22-18-14-10-2)74-53-71-75(52-70(74)80-76(83)51-69(90-80)49-50-73-72(57-87)79(63(55-85)56-86)89-82(73,5)6)84(66-43-33-60(34-44-66)27-23-19-15-11-3,67-45-35-61(36-46-67)28-24-20-16-12-4)77-54-78(91-81(71)77)62-37-47-68(48-38-62)88(7)8/h29-54H,9-28H2,1-8H3/b50-49+. The van der Waals surface area contributed by atoms with Crippen molar-refractivity contribution in [3.63, 3.8) is 0 Å². The molecule has 0 saturated heterocycles. The third-order valence-corrected chi connectivity index (χ3v) is 22.1. The van der Waals surface area contributed by atoms with Gasteiger partial charge in [-0.05, 0) is 191 Å². The van der Waals surface area contributed by atoms with Crippen LogP contribution < -0.4 is 4.90 Å². The van der Waals surface area contributed by atoms with Crippen molar-refractivity contribution in [1.29, 1.82) is 15.8 Å². The largest absolute Gasteiger partial charge is 0.480 e. The van der Waals surface area contributed by atoms with E-state index in [2.05, 4.69) is 204 Å². The van der Waals surface area contributed by atoms with Gasteiger partial charge in [0.25, 0.3) is 0 Å². The highest BCUT2D eigenvalue weighted by molar-refractivity contribution is 7.19. The van der Waals surface area contributed by atoms with E-state index in [9.17, 15) is 15.8 Å². The molecule has 11 rings (SSSR count). The Morgan fingerprint density at radius 1 is 0.462 bits per heavy atom. The van der Waals surface area contributed by atoms with Crippen molar-refractivity contribution < 1.29 is 4.74 Å². The van der Waals surface area contributed by atoms with Crippen molar-refractivity contribution in [3.05, 3.63) is 246 Å². The summed E-state index contributed by atoms with van der Waals surface area (Å²) in [7, 11) is 4.23. The fourth-order valence-corrected chi connectivity index (χ4v) is 17.1. The van der Waals surface area contributed by atoms with Crippen molar-refractivity contribution in [2.75, 3.05) is 19.0 Å². The summed E-state index contributed by atoms with van der Waals surface area (Å²) < 4.78 is 6.30. The summed E-state index contributed by atoms with van der Waals surface area (Å²) in [6.07, 6.45) is 27.9. The van der Waals surface area contributed by atoms with Gasteiger partial charge in [-0.25, -0.2) is 0 Å². The minimum absolute atomic E-state index is 0.0461. The van der Waals surface area contributed by atoms with Gasteiger partial charge in [-0.1, -0.05) is 220 Å². The Bertz CT molecular complexity index is 3960. The Morgan fingerprint density at radius 2 is 0.857 bits per heavy atom. The average Bonchev–Trinajstić information content (AvgIpc) is 1.51. The molecular formula is C84H90N4OS2. The zero-order valence-electron chi connectivity index (χ0n) is 55.2. The molecule has 1 aliphatic heterocycles. The average molecular weight is 1240 g/mol. The van der Waals surface area contributed by atoms with E-state index < -0.39 is 16.4 Å². The predicted molar refractivity (Wildman–Crippen MR) is 383 cm³/mol. The van der Waals surface area contributed by atoms with E-state index in [-0.39, 0.29) is 16.9 Å². The lowest BCUT2D eigenvalue weighted by Crippen LogP contribution is -2.30. The number of allylic oxidation sites excluding steroid dienone is 2. The number of anilines is 1. The number of fused-ring (bicyclic) bond motifs is 6. The van der Waals surface area contributed by atoms with E-state index in [0.717, 1.165) is 30.6 Å². The fraction of sp³-hybridized carbons (Fsp3) is 0.369. The third-order valence-electron chi connectivity index (χ3n) is 19.7. The summed E-state index contributed by atoms with van der Waals surface area (Å²) in [5.74, 6) is 0.0461. The van der Waals surface area contributed by atoms with Crippen LogP contribution in [0.5, 0.6) is 0 Å². The second-order valence-corrected chi connectivity index (χ2v) is 28.6. The summed E-state index contributed by atoms with van der Waals surface area (Å²) in [5.41, 5.74) is 19.0. The van der Waals surface area contributed by atoms with Crippen LogP contribution in [0.2, 0.25) is 0 Å². The number of hydrogen-bond donors (Lipinski definition) is 0. The van der Waals surface area contributed by atoms with Gasteiger partial charge in [0.05, 0.1) is 10.8 Å². The molecule has 0 saturated carbocycles. The van der Waals surface area contributed by atoms with Gasteiger partial charge >= 0.3 is 0 Å². The number of benzene rings is 6. The van der Waals surface area contributed by atoms with Gasteiger partial charge in [0.1, 0.15) is 29.4 Å². The lowest BCUT2D eigenvalue weighted by atomic mass is 9.65. The normalized spacial score (nSPS) is 14.6. The summed E-state index contributed by atoms with van der Waals surface area (Å²) in [6.45, 7) is 12.9. The van der Waals surface area contributed by atoms with Crippen LogP contribution in [-0.4, -0.2) is 19.7 Å². The molecule has 2 aliphatic carbocycles. The monoisotopic (exact) mass is 1230 g/mol. The molecule has 5 nitrogen and oxygen atoms in total. The molecule has 7 heteroatoms. The van der Waals surface area contributed by atoms with Crippen LogP contribution in [0.3, 0.4) is 0 Å². The minimum Gasteiger partial charge on any atom is -0.480 e. The van der Waals surface area contributed by atoms with Crippen LogP contribution in [-0.2, 0) is 41.3 Å². The van der Waals surface area contributed by atoms with Crippen molar-refractivity contribution in [3.8, 4) is 49.5 Å². The SMILES string of the molecule is CCCCCCc1ccc(C2(c3ccc(CCCCCC)cc3)c3cc4c(cc3-c3sc(/C=C/C5=C(C#N)C(=C(C#N)C#N)OC5(C)C)cc32)C(c2ccc(CCCCCC)cc2)(c2ccc(CCCCCC)cc2)c2cc(-c3ccc(N(C)C)cc3)sc2-4)cc1. The molecular weight excluding hydrogens is 1150 g/mol. The minimum atomic E-state index is -0.956. The van der Waals surface area contributed by atoms with E-state index in [1.54, 1.807) is 11.3 Å². The molecule has 0 fully saturated rings. The molecule has 6 aromatic carbocycles. The van der Waals surface area contributed by atoms with E-state index in [1.807, 2.05) is 43.4 Å². The number of unbranched alkanes of at least 4 members (excludes halogenated alkanes) is 12. The lowest BCUT2D eigenvalue weighted by molar-refractivity contribution is 0.0954. The number of aryl methyl sites for hydroxylation is 4. The maximum Gasteiger partial charge on any atom is 0.172 e. The van der Waals surface area contributed by atoms with Crippen LogP contribution >= 0.6 is 22.7 Å². The van der Waals surface area contributed by atoms with Crippen molar-refractivity contribution in [1.82, 2.24) is 0 Å². The first-order valence-electron chi connectivity index (χ1n) is 34.1. The topological polar surface area (TPSA) is 83.8 Å². The van der Waals surface area contributed by atoms with Crippen LogP contribution in [0.25, 0.3) is 37.4 Å². The van der Waals surface area contributed by atoms with Crippen molar-refractivity contribution in [2.24, 2.45) is 0 Å². The molecule has 2 aromatic heterocycles. The predicted octanol–water partition coefficient (Wildman–Crippen LogP) is 22.7. The first-order valence-corrected chi connectivity index (χ1v) is 35.7. The summed E-state index contributed by atoms with van der Waals surface area (Å²) in [5, 5.41) is 30.6. The van der Waals surface area contributed by atoms with E-state index >= 15 is 0 Å². The fourth-order valence-electron chi connectivity index (χ4n) is 14.7. The molecule has 8 aromatic rings. The highest BCUT2D eigenvalue weighted by atomic mass is 32.1. The molecule has 91 heavy (non-hydrogen) atoms. The first-order chi connectivity index (χ1) is 44.4. The van der Waals surface area contributed by atoms with Crippen LogP contribution in [0.1, 0.15) is 216 Å². The quantitative estimate of drug-likeness (QED) is 0.0360. The first kappa shape index (κ1) is 64.5. The Balaban J connectivity index is 1.20. The van der Waals surface area contributed by atoms with E-state index in [1.165, 1.54) is 207 Å². The van der Waals surface area contributed by atoms with Crippen LogP contribution in [0.4, 0.5) is 5.69 Å². The smallest absolute Gasteiger partial charge is 0.172 e. The van der Waals surface area contributed by atoms with Crippen LogP contribution in [0.15, 0.2) is 174 Å². The van der Waals surface area contributed by atoms with Gasteiger partial charge in [0, 0.05) is 44.9 Å². The van der Waals surface area contributed by atoms with Crippen molar-refractivity contribution in [2.45, 2.75) is 186 Å². The van der Waals surface area contributed by atoms with Gasteiger partial charge in [-0.2, -0.15) is 15.8 Å². The van der Waals surface area contributed by atoms with E-state index in [0.29, 0.717) is 5.57 Å². The Labute approximate surface area is 552 Å². The number of nitriles is 3. The summed E-state index contributed by atoms with van der Waals surface area (Å²) >= 11 is 3.74. The highest BCUT2D eigenvalue weighted by Gasteiger charge is 2.53. The summed E-state index contributed by atoms with van der Waals surface area (Å²) in [4.78, 5) is 7.04. The molecule has 0 unspecified atom stereocenters. The van der Waals surface area contributed by atoms with Gasteiger partial charge in [0.2, 0.25) is 0 Å². The molecule has 0 atom stereocenters. The van der Waals surface area contributed by atoms with Gasteiger partial charge in [0.15, 0.2) is 11.3 Å². The zero-order valence-corrected chi connectivity index (χ0v) is 56.8. The molecule has 0 amide bonds. The van der Waals surface area contributed by atoms with Gasteiger partial charge in [-0.15, -0.1) is 22.7 Å². The maximum atomic E-state index is 10.7. The number of thiophene rings is 2. The Kier molecular flexibility index (Phi) is 20.3. The Hall–Kier alpha value is -7.99. The Morgan fingerprint density at radius 3 is 1.23 bits per heavy atom. The molecule has 0 bridgehead atoms. The third kappa shape index (κ3) is 12.6. The number of hydrogen-bond acceptors (Lipinski definition) is 7. The molecule has 0 radical (unpaired) electrons. The molecule has 464 valence electrons. The molecule has 0 spiro atoms. The van der Waals surface area contributed by atoms with Crippen molar-refractivity contribution >= 4 is 34.4 Å². The molecule has 0 N–H and O–H groups in total. The number of nitrogens with zero attached hydrogens (tertiary/aromatic N) is 4. The maximum absolute atomic E-state index is 10.7. The molecule has 3 heterocycles. The van der Waals surface area contributed by atoms with Gasteiger partial charge < -0.3 is 9.64 Å². The van der Waals surface area contributed by atoms with Gasteiger partial charge in [-0.3, -0.25) is 0 Å². The summed E-state index contributed by atoms with van der Waals surface area (Å²) in [6, 6.07) is 64.6. The number of rotatable bonds is 28. The van der Waals surface area contributed by atoms with E-state index in [4.69, 9.17) is 4.74 Å². The molecule has 3 aliphatic rings. The highest BCUT2D eigenvalue weighted by Crippen LogP contribution is 2.66.